The van der Waals surface area contributed by atoms with E-state index < -0.39 is 0 Å². The Balaban J connectivity index is 2.22. The van der Waals surface area contributed by atoms with Crippen LogP contribution in [-0.4, -0.2) is 36.4 Å². The molecule has 1 aliphatic heterocycles. The molecule has 102 valence electrons. The molecule has 1 unspecified atom stereocenters. The van der Waals surface area contributed by atoms with Crippen LogP contribution in [-0.2, 0) is 9.53 Å². The number of Topliss-reactive ketones (excluding diaryl/α,β-unsaturated/α-hetero) is 1. The molecule has 2 heterocycles. The first-order chi connectivity index (χ1) is 9.13. The van der Waals surface area contributed by atoms with Gasteiger partial charge in [-0.15, -0.1) is 0 Å². The fourth-order valence-electron chi connectivity index (χ4n) is 2.39. The molecule has 0 spiro atoms. The van der Waals surface area contributed by atoms with E-state index in [1.54, 1.807) is 12.3 Å². The molecule has 0 saturated carbocycles. The van der Waals surface area contributed by atoms with Gasteiger partial charge in [0, 0.05) is 13.5 Å². The molecule has 5 heteroatoms. The van der Waals surface area contributed by atoms with E-state index in [-0.39, 0.29) is 17.8 Å². The number of anilines is 1. The number of nitrogens with zero attached hydrogens (tertiary/aromatic N) is 2. The smallest absolute Gasteiger partial charge is 0.328 e. The van der Waals surface area contributed by atoms with Gasteiger partial charge in [0.2, 0.25) is 0 Å². The molecule has 0 aromatic carbocycles. The molecule has 1 fully saturated rings. The van der Waals surface area contributed by atoms with Crippen molar-refractivity contribution in [3.05, 3.63) is 24.0 Å². The van der Waals surface area contributed by atoms with Crippen LogP contribution in [0.1, 0.15) is 36.7 Å². The molecule has 1 aliphatic rings. The summed E-state index contributed by atoms with van der Waals surface area (Å²) in [5.74, 6) is -0.273. The maximum Gasteiger partial charge on any atom is 0.328 e. The molecule has 1 atom stereocenters. The van der Waals surface area contributed by atoms with Crippen molar-refractivity contribution >= 4 is 17.4 Å². The summed E-state index contributed by atoms with van der Waals surface area (Å²) in [5.41, 5.74) is 1.30. The fourth-order valence-corrected chi connectivity index (χ4v) is 2.39. The molecular formula is C14H18N2O3. The summed E-state index contributed by atoms with van der Waals surface area (Å²) >= 11 is 0. The van der Waals surface area contributed by atoms with Crippen molar-refractivity contribution in [1.82, 2.24) is 4.98 Å². The van der Waals surface area contributed by atoms with Crippen LogP contribution in [0.3, 0.4) is 0 Å². The number of rotatable bonds is 3. The quantitative estimate of drug-likeness (QED) is 0.614. The molecule has 1 aromatic heterocycles. The molecule has 1 saturated heterocycles. The number of pyridine rings is 1. The van der Waals surface area contributed by atoms with Gasteiger partial charge in [-0.3, -0.25) is 9.78 Å². The molecule has 0 amide bonds. The number of esters is 1. The van der Waals surface area contributed by atoms with Crippen molar-refractivity contribution in [2.45, 2.75) is 32.2 Å². The third-order valence-corrected chi connectivity index (χ3v) is 3.42. The van der Waals surface area contributed by atoms with Gasteiger partial charge >= 0.3 is 5.97 Å². The number of carbonyl (C=O) groups is 2. The second kappa shape index (κ2) is 5.82. The molecule has 0 N–H and O–H groups in total. The summed E-state index contributed by atoms with van der Waals surface area (Å²) in [6.07, 6.45) is 4.51. The summed E-state index contributed by atoms with van der Waals surface area (Å²) in [6, 6.07) is 3.29. The number of aromatic nitrogens is 1. The zero-order valence-corrected chi connectivity index (χ0v) is 11.3. The van der Waals surface area contributed by atoms with Crippen LogP contribution >= 0.6 is 0 Å². The van der Waals surface area contributed by atoms with E-state index in [0.717, 1.165) is 31.5 Å². The van der Waals surface area contributed by atoms with Crippen LogP contribution in [0, 0.1) is 0 Å². The number of methoxy groups -OCH3 is 1. The Hall–Kier alpha value is -1.91. The molecule has 0 bridgehead atoms. The first-order valence-electron chi connectivity index (χ1n) is 6.45. The van der Waals surface area contributed by atoms with Gasteiger partial charge in [-0.25, -0.2) is 4.79 Å². The van der Waals surface area contributed by atoms with Crippen LogP contribution < -0.4 is 4.90 Å². The highest BCUT2D eigenvalue weighted by Gasteiger charge is 2.29. The average Bonchev–Trinajstić information content (AvgIpc) is 2.46. The Morgan fingerprint density at radius 1 is 1.37 bits per heavy atom. The largest absolute Gasteiger partial charge is 0.467 e. The Bertz CT molecular complexity index is 470. The number of piperidine rings is 1. The molecule has 1 aromatic rings. The van der Waals surface area contributed by atoms with Gasteiger partial charge in [-0.1, -0.05) is 0 Å². The summed E-state index contributed by atoms with van der Waals surface area (Å²) in [7, 11) is 1.41. The van der Waals surface area contributed by atoms with E-state index in [1.807, 2.05) is 11.0 Å². The minimum Gasteiger partial charge on any atom is -0.467 e. The zero-order chi connectivity index (χ0) is 13.8. The van der Waals surface area contributed by atoms with Crippen molar-refractivity contribution in [3.63, 3.8) is 0 Å². The monoisotopic (exact) mass is 262 g/mol. The van der Waals surface area contributed by atoms with E-state index in [2.05, 4.69) is 4.98 Å². The lowest BCUT2D eigenvalue weighted by molar-refractivity contribution is -0.142. The first kappa shape index (κ1) is 13.5. The SMILES string of the molecule is COC(=O)C1CCCCN1c1ccc(C(C)=O)nc1. The molecule has 2 rings (SSSR count). The Labute approximate surface area is 112 Å². The van der Waals surface area contributed by atoms with E-state index >= 15 is 0 Å². The number of ketones is 1. The van der Waals surface area contributed by atoms with E-state index in [9.17, 15) is 9.59 Å². The molecule has 0 aliphatic carbocycles. The lowest BCUT2D eigenvalue weighted by Gasteiger charge is -2.35. The third kappa shape index (κ3) is 2.92. The second-order valence-corrected chi connectivity index (χ2v) is 4.69. The zero-order valence-electron chi connectivity index (χ0n) is 11.3. The Kier molecular flexibility index (Phi) is 4.14. The normalized spacial score (nSPS) is 19.1. The van der Waals surface area contributed by atoms with Gasteiger partial charge in [0.05, 0.1) is 19.0 Å². The van der Waals surface area contributed by atoms with Crippen LogP contribution in [0.5, 0.6) is 0 Å². The number of hydrogen-bond acceptors (Lipinski definition) is 5. The van der Waals surface area contributed by atoms with Gasteiger partial charge < -0.3 is 9.64 Å². The summed E-state index contributed by atoms with van der Waals surface area (Å²) < 4.78 is 4.85. The molecule has 0 radical (unpaired) electrons. The highest BCUT2D eigenvalue weighted by Crippen LogP contribution is 2.25. The fraction of sp³-hybridized carbons (Fsp3) is 0.500. The molecule has 19 heavy (non-hydrogen) atoms. The lowest BCUT2D eigenvalue weighted by atomic mass is 10.0. The van der Waals surface area contributed by atoms with Crippen LogP contribution in [0.2, 0.25) is 0 Å². The van der Waals surface area contributed by atoms with Crippen LogP contribution in [0.15, 0.2) is 18.3 Å². The Morgan fingerprint density at radius 2 is 2.16 bits per heavy atom. The maximum atomic E-state index is 11.8. The van der Waals surface area contributed by atoms with Crippen LogP contribution in [0.4, 0.5) is 5.69 Å². The highest BCUT2D eigenvalue weighted by molar-refractivity contribution is 5.92. The van der Waals surface area contributed by atoms with Crippen molar-refractivity contribution in [2.24, 2.45) is 0 Å². The standard InChI is InChI=1S/C14H18N2O3/c1-10(17)12-7-6-11(9-15-12)16-8-4-3-5-13(16)14(18)19-2/h6-7,9,13H,3-5,8H2,1-2H3. The van der Waals surface area contributed by atoms with E-state index in [1.165, 1.54) is 14.0 Å². The second-order valence-electron chi connectivity index (χ2n) is 4.69. The Morgan fingerprint density at radius 3 is 2.74 bits per heavy atom. The van der Waals surface area contributed by atoms with Crippen LogP contribution in [0.25, 0.3) is 0 Å². The van der Waals surface area contributed by atoms with Gasteiger partial charge in [-0.2, -0.15) is 0 Å². The van der Waals surface area contributed by atoms with Crippen molar-refractivity contribution in [1.29, 1.82) is 0 Å². The summed E-state index contributed by atoms with van der Waals surface area (Å²) in [6.45, 7) is 2.29. The van der Waals surface area contributed by atoms with Gasteiger partial charge in [0.25, 0.3) is 0 Å². The van der Waals surface area contributed by atoms with Gasteiger partial charge in [0.15, 0.2) is 5.78 Å². The number of carbonyl (C=O) groups excluding carboxylic acids is 2. The molecular weight excluding hydrogens is 244 g/mol. The van der Waals surface area contributed by atoms with Crippen molar-refractivity contribution in [3.8, 4) is 0 Å². The van der Waals surface area contributed by atoms with Crippen molar-refractivity contribution < 1.29 is 14.3 Å². The summed E-state index contributed by atoms with van der Waals surface area (Å²) in [4.78, 5) is 29.1. The van der Waals surface area contributed by atoms with E-state index in [4.69, 9.17) is 4.74 Å². The minimum atomic E-state index is -0.247. The first-order valence-corrected chi connectivity index (χ1v) is 6.45. The highest BCUT2D eigenvalue weighted by atomic mass is 16.5. The van der Waals surface area contributed by atoms with E-state index in [0.29, 0.717) is 5.69 Å². The minimum absolute atomic E-state index is 0.0605. The topological polar surface area (TPSA) is 59.5 Å². The van der Waals surface area contributed by atoms with Gasteiger partial charge in [0.1, 0.15) is 11.7 Å². The predicted octanol–water partition coefficient (Wildman–Crippen LogP) is 1.82. The third-order valence-electron chi connectivity index (χ3n) is 3.42. The predicted molar refractivity (Wildman–Crippen MR) is 71.2 cm³/mol. The average molecular weight is 262 g/mol. The number of hydrogen-bond donors (Lipinski definition) is 0. The van der Waals surface area contributed by atoms with Gasteiger partial charge in [-0.05, 0) is 31.4 Å². The lowest BCUT2D eigenvalue weighted by Crippen LogP contribution is -2.45. The maximum absolute atomic E-state index is 11.8. The summed E-state index contributed by atoms with van der Waals surface area (Å²) in [5, 5.41) is 0. The number of ether oxygens (including phenoxy) is 1. The van der Waals surface area contributed by atoms with Crippen molar-refractivity contribution in [2.75, 3.05) is 18.6 Å². The molecule has 5 nitrogen and oxygen atoms in total.